The lowest BCUT2D eigenvalue weighted by Gasteiger charge is -2.07. The molecule has 0 aliphatic carbocycles. The third-order valence-corrected chi connectivity index (χ3v) is 4.08. The summed E-state index contributed by atoms with van der Waals surface area (Å²) >= 11 is 3.51. The fourth-order valence-corrected chi connectivity index (χ4v) is 2.11. The van der Waals surface area contributed by atoms with Crippen molar-refractivity contribution in [1.82, 2.24) is 4.98 Å². The number of rotatable bonds is 3. The largest absolute Gasteiger partial charge is 0.294 e. The van der Waals surface area contributed by atoms with Crippen molar-refractivity contribution in [3.05, 3.63) is 63.4 Å². The van der Waals surface area contributed by atoms with Crippen molar-refractivity contribution in [3.8, 4) is 0 Å². The van der Waals surface area contributed by atoms with Crippen LogP contribution in [0.1, 0.15) is 27.2 Å². The second-order valence-corrected chi connectivity index (χ2v) is 5.14. The van der Waals surface area contributed by atoms with E-state index < -0.39 is 0 Å². The quantitative estimate of drug-likeness (QED) is 0.805. The number of carbonyl (C=O) groups excluding carboxylic acids is 1. The lowest BCUT2D eigenvalue weighted by atomic mass is 10.0. The summed E-state index contributed by atoms with van der Waals surface area (Å²) in [5.41, 5.74) is 3.72. The van der Waals surface area contributed by atoms with E-state index in [1.807, 2.05) is 44.2 Å². The average molecular weight is 304 g/mol. The van der Waals surface area contributed by atoms with Crippen LogP contribution in [0, 0.1) is 13.8 Å². The summed E-state index contributed by atoms with van der Waals surface area (Å²) in [7, 11) is 0. The molecule has 2 aromatic rings. The Bertz CT molecular complexity index is 555. The molecular weight excluding hydrogens is 290 g/mol. The summed E-state index contributed by atoms with van der Waals surface area (Å²) in [5.74, 6) is 0.104. The number of ketones is 1. The monoisotopic (exact) mass is 303 g/mol. The predicted molar refractivity (Wildman–Crippen MR) is 75.9 cm³/mol. The van der Waals surface area contributed by atoms with Crippen molar-refractivity contribution < 1.29 is 4.79 Å². The maximum absolute atomic E-state index is 12.2. The first-order valence-electron chi connectivity index (χ1n) is 5.78. The maximum Gasteiger partial charge on any atom is 0.168 e. The normalized spacial score (nSPS) is 10.4. The Hall–Kier alpha value is -1.48. The van der Waals surface area contributed by atoms with E-state index in [1.54, 1.807) is 6.20 Å². The second-order valence-electron chi connectivity index (χ2n) is 4.35. The van der Waals surface area contributed by atoms with E-state index in [4.69, 9.17) is 0 Å². The smallest absolute Gasteiger partial charge is 0.168 e. The number of hydrogen-bond donors (Lipinski definition) is 0. The van der Waals surface area contributed by atoms with E-state index in [9.17, 15) is 4.79 Å². The number of carbonyl (C=O) groups is 1. The van der Waals surface area contributed by atoms with Gasteiger partial charge in [-0.2, -0.15) is 0 Å². The van der Waals surface area contributed by atoms with Crippen molar-refractivity contribution in [1.29, 1.82) is 0 Å². The fraction of sp³-hybridized carbons (Fsp3) is 0.200. The minimum Gasteiger partial charge on any atom is -0.294 e. The van der Waals surface area contributed by atoms with E-state index in [0.717, 1.165) is 26.9 Å². The Morgan fingerprint density at radius 1 is 1.22 bits per heavy atom. The highest BCUT2D eigenvalue weighted by atomic mass is 79.9. The Morgan fingerprint density at radius 2 is 1.89 bits per heavy atom. The molecule has 0 atom stereocenters. The molecule has 0 unspecified atom stereocenters. The first-order valence-corrected chi connectivity index (χ1v) is 6.57. The van der Waals surface area contributed by atoms with Crippen molar-refractivity contribution in [2.24, 2.45) is 0 Å². The zero-order valence-electron chi connectivity index (χ0n) is 10.4. The maximum atomic E-state index is 12.2. The minimum atomic E-state index is 0.104. The van der Waals surface area contributed by atoms with Gasteiger partial charge in [0.15, 0.2) is 5.78 Å². The summed E-state index contributed by atoms with van der Waals surface area (Å²) in [6.07, 6.45) is 2.06. The molecule has 0 amide bonds. The summed E-state index contributed by atoms with van der Waals surface area (Å²) in [6, 6.07) is 9.46. The summed E-state index contributed by atoms with van der Waals surface area (Å²) in [5, 5.41) is 0. The summed E-state index contributed by atoms with van der Waals surface area (Å²) in [4.78, 5) is 16.4. The van der Waals surface area contributed by atoms with Crippen LogP contribution < -0.4 is 0 Å². The average Bonchev–Trinajstić information content (AvgIpc) is 2.36. The number of halogens is 1. The van der Waals surface area contributed by atoms with E-state index in [0.29, 0.717) is 6.42 Å². The molecule has 0 radical (unpaired) electrons. The van der Waals surface area contributed by atoms with Crippen molar-refractivity contribution >= 4 is 21.7 Å². The van der Waals surface area contributed by atoms with Crippen LogP contribution in [0.15, 0.2) is 41.0 Å². The van der Waals surface area contributed by atoms with Gasteiger partial charge in [0.05, 0.1) is 6.42 Å². The Labute approximate surface area is 115 Å². The van der Waals surface area contributed by atoms with Gasteiger partial charge in [0, 0.05) is 21.9 Å². The number of Topliss-reactive ketones (excluding diaryl/α,β-unsaturated/α-hetero) is 1. The van der Waals surface area contributed by atoms with Gasteiger partial charge in [-0.3, -0.25) is 9.78 Å². The first kappa shape index (κ1) is 13.0. The van der Waals surface area contributed by atoms with Gasteiger partial charge in [0.2, 0.25) is 0 Å². The van der Waals surface area contributed by atoms with Crippen LogP contribution in [-0.2, 0) is 6.42 Å². The molecular formula is C15H14BrNO. The number of aryl methyl sites for hydroxylation is 2. The number of nitrogens with zero attached hydrogens (tertiary/aromatic N) is 1. The zero-order valence-corrected chi connectivity index (χ0v) is 12.0. The van der Waals surface area contributed by atoms with Crippen LogP contribution in [0.2, 0.25) is 0 Å². The molecule has 3 heteroatoms. The minimum absolute atomic E-state index is 0.104. The number of pyridine rings is 1. The van der Waals surface area contributed by atoms with Gasteiger partial charge in [-0.1, -0.05) is 22.0 Å². The van der Waals surface area contributed by atoms with Crippen molar-refractivity contribution in [2.75, 3.05) is 0 Å². The summed E-state index contributed by atoms with van der Waals surface area (Å²) in [6.45, 7) is 3.99. The molecule has 0 fully saturated rings. The lowest BCUT2D eigenvalue weighted by molar-refractivity contribution is 0.0992. The van der Waals surface area contributed by atoms with Crippen molar-refractivity contribution in [2.45, 2.75) is 20.3 Å². The van der Waals surface area contributed by atoms with Crippen LogP contribution >= 0.6 is 15.9 Å². The molecule has 0 saturated heterocycles. The van der Waals surface area contributed by atoms with Gasteiger partial charge < -0.3 is 0 Å². The molecule has 92 valence electrons. The lowest BCUT2D eigenvalue weighted by Crippen LogP contribution is -2.06. The second kappa shape index (κ2) is 5.44. The van der Waals surface area contributed by atoms with Crippen LogP contribution in [0.5, 0.6) is 0 Å². The van der Waals surface area contributed by atoms with Crippen LogP contribution in [0.25, 0.3) is 0 Å². The molecule has 0 N–H and O–H groups in total. The van der Waals surface area contributed by atoms with E-state index in [1.165, 1.54) is 0 Å². The molecule has 1 heterocycles. The first-order chi connectivity index (χ1) is 8.58. The predicted octanol–water partition coefficient (Wildman–Crippen LogP) is 3.89. The highest BCUT2D eigenvalue weighted by Gasteiger charge is 2.10. The van der Waals surface area contributed by atoms with Crippen molar-refractivity contribution in [3.63, 3.8) is 0 Å². The molecule has 1 aromatic heterocycles. The van der Waals surface area contributed by atoms with Gasteiger partial charge in [-0.15, -0.1) is 0 Å². The molecule has 18 heavy (non-hydrogen) atoms. The van der Waals surface area contributed by atoms with Crippen LogP contribution in [0.4, 0.5) is 0 Å². The van der Waals surface area contributed by atoms with Gasteiger partial charge in [-0.25, -0.2) is 0 Å². The summed E-state index contributed by atoms with van der Waals surface area (Å²) < 4.78 is 1.07. The number of aromatic nitrogens is 1. The van der Waals surface area contributed by atoms with E-state index >= 15 is 0 Å². The molecule has 0 saturated carbocycles. The van der Waals surface area contributed by atoms with E-state index in [2.05, 4.69) is 20.9 Å². The molecule has 0 aliphatic heterocycles. The molecule has 0 spiro atoms. The molecule has 1 aromatic carbocycles. The third kappa shape index (κ3) is 2.85. The van der Waals surface area contributed by atoms with Crippen LogP contribution in [0.3, 0.4) is 0 Å². The molecule has 0 bridgehead atoms. The molecule has 2 rings (SSSR count). The standard InChI is InChI=1S/C15H14BrNO/c1-10-7-12(8-11(2)15(10)16)14(18)9-13-5-3-4-6-17-13/h3-8H,9H2,1-2H3. The Morgan fingerprint density at radius 3 is 2.44 bits per heavy atom. The molecule has 2 nitrogen and oxygen atoms in total. The zero-order chi connectivity index (χ0) is 13.1. The Balaban J connectivity index is 2.25. The highest BCUT2D eigenvalue weighted by Crippen LogP contribution is 2.23. The Kier molecular flexibility index (Phi) is 3.92. The SMILES string of the molecule is Cc1cc(C(=O)Cc2ccccn2)cc(C)c1Br. The topological polar surface area (TPSA) is 30.0 Å². The third-order valence-electron chi connectivity index (χ3n) is 2.83. The van der Waals surface area contributed by atoms with Gasteiger partial charge in [0.25, 0.3) is 0 Å². The molecule has 0 aliphatic rings. The number of benzene rings is 1. The van der Waals surface area contributed by atoms with Crippen LogP contribution in [-0.4, -0.2) is 10.8 Å². The highest BCUT2D eigenvalue weighted by molar-refractivity contribution is 9.10. The van der Waals surface area contributed by atoms with Gasteiger partial charge >= 0.3 is 0 Å². The van der Waals surface area contributed by atoms with E-state index in [-0.39, 0.29) is 5.78 Å². The fourth-order valence-electron chi connectivity index (χ4n) is 1.88. The van der Waals surface area contributed by atoms with Gasteiger partial charge in [0.1, 0.15) is 0 Å². The number of hydrogen-bond acceptors (Lipinski definition) is 2. The van der Waals surface area contributed by atoms with Gasteiger partial charge in [-0.05, 0) is 49.2 Å².